The average Bonchev–Trinajstić information content (AvgIpc) is 2.67. The van der Waals surface area contributed by atoms with E-state index in [0.29, 0.717) is 16.6 Å². The summed E-state index contributed by atoms with van der Waals surface area (Å²) in [5, 5.41) is 8.88. The van der Waals surface area contributed by atoms with Crippen molar-refractivity contribution in [1.29, 1.82) is 0 Å². The molecular formula is C13H14BrCl2N3. The van der Waals surface area contributed by atoms with Crippen LogP contribution in [-0.4, -0.2) is 9.78 Å². The van der Waals surface area contributed by atoms with Crippen molar-refractivity contribution in [2.45, 2.75) is 26.9 Å². The fourth-order valence-electron chi connectivity index (χ4n) is 1.83. The van der Waals surface area contributed by atoms with Crippen LogP contribution in [-0.2, 0) is 13.1 Å². The van der Waals surface area contributed by atoms with E-state index in [2.05, 4.69) is 33.3 Å². The lowest BCUT2D eigenvalue weighted by Gasteiger charge is -2.09. The molecule has 0 spiro atoms. The maximum Gasteiger partial charge on any atom is 0.0739 e. The minimum absolute atomic E-state index is 0.547. The predicted octanol–water partition coefficient (Wildman–Crippen LogP) is 4.89. The molecule has 0 aliphatic carbocycles. The van der Waals surface area contributed by atoms with Crippen LogP contribution in [0.1, 0.15) is 18.3 Å². The molecule has 19 heavy (non-hydrogen) atoms. The first-order valence-corrected chi connectivity index (χ1v) is 7.48. The van der Waals surface area contributed by atoms with E-state index in [0.717, 1.165) is 28.1 Å². The fraction of sp³-hybridized carbons (Fsp3) is 0.308. The zero-order valence-corrected chi connectivity index (χ0v) is 13.8. The summed E-state index contributed by atoms with van der Waals surface area (Å²) in [5.74, 6) is 0. The third kappa shape index (κ3) is 3.25. The van der Waals surface area contributed by atoms with Gasteiger partial charge in [0, 0.05) is 12.2 Å². The monoisotopic (exact) mass is 361 g/mol. The second-order valence-electron chi connectivity index (χ2n) is 4.14. The van der Waals surface area contributed by atoms with Crippen LogP contribution in [0, 0.1) is 6.92 Å². The Morgan fingerprint density at radius 2 is 2.05 bits per heavy atom. The lowest BCUT2D eigenvalue weighted by Crippen LogP contribution is -2.08. The zero-order chi connectivity index (χ0) is 14.0. The van der Waals surface area contributed by atoms with E-state index in [1.165, 1.54) is 0 Å². The molecule has 2 rings (SSSR count). The molecule has 0 fully saturated rings. The van der Waals surface area contributed by atoms with Crippen molar-refractivity contribution in [3.8, 4) is 0 Å². The van der Waals surface area contributed by atoms with Gasteiger partial charge in [-0.1, -0.05) is 23.2 Å². The van der Waals surface area contributed by atoms with Crippen molar-refractivity contribution in [3.05, 3.63) is 44.1 Å². The number of aromatic nitrogens is 2. The number of anilines is 1. The van der Waals surface area contributed by atoms with Crippen LogP contribution in [0.4, 0.5) is 5.69 Å². The van der Waals surface area contributed by atoms with Crippen molar-refractivity contribution in [3.63, 3.8) is 0 Å². The molecule has 0 radical (unpaired) electrons. The number of halogens is 3. The summed E-state index contributed by atoms with van der Waals surface area (Å²) >= 11 is 15.5. The average molecular weight is 363 g/mol. The van der Waals surface area contributed by atoms with E-state index in [-0.39, 0.29) is 0 Å². The Labute approximate surface area is 131 Å². The summed E-state index contributed by atoms with van der Waals surface area (Å²) in [6, 6.07) is 5.50. The minimum Gasteiger partial charge on any atom is -0.379 e. The highest BCUT2D eigenvalue weighted by Gasteiger charge is 2.11. The number of rotatable bonds is 4. The Bertz CT molecular complexity index is 596. The highest BCUT2D eigenvalue weighted by molar-refractivity contribution is 9.10. The van der Waals surface area contributed by atoms with Crippen LogP contribution in [0.5, 0.6) is 0 Å². The highest BCUT2D eigenvalue weighted by atomic mass is 79.9. The molecule has 0 aliphatic rings. The minimum atomic E-state index is 0.547. The van der Waals surface area contributed by atoms with Crippen LogP contribution < -0.4 is 5.32 Å². The second kappa shape index (κ2) is 6.16. The van der Waals surface area contributed by atoms with Gasteiger partial charge >= 0.3 is 0 Å². The van der Waals surface area contributed by atoms with Crippen LogP contribution in [0.25, 0.3) is 0 Å². The quantitative estimate of drug-likeness (QED) is 0.838. The Morgan fingerprint density at radius 3 is 2.68 bits per heavy atom. The van der Waals surface area contributed by atoms with Crippen LogP contribution >= 0.6 is 39.1 Å². The zero-order valence-electron chi connectivity index (χ0n) is 10.7. The largest absolute Gasteiger partial charge is 0.379 e. The summed E-state index contributed by atoms with van der Waals surface area (Å²) in [7, 11) is 0. The highest BCUT2D eigenvalue weighted by Crippen LogP contribution is 2.26. The number of benzene rings is 1. The van der Waals surface area contributed by atoms with Crippen molar-refractivity contribution in [1.82, 2.24) is 9.78 Å². The Hall–Kier alpha value is -0.710. The molecule has 6 heteroatoms. The molecule has 1 heterocycles. The van der Waals surface area contributed by atoms with E-state index in [1.807, 2.05) is 23.7 Å². The van der Waals surface area contributed by atoms with Gasteiger partial charge in [-0.15, -0.1) is 0 Å². The van der Waals surface area contributed by atoms with E-state index in [1.54, 1.807) is 6.07 Å². The summed E-state index contributed by atoms with van der Waals surface area (Å²) in [6.45, 7) is 5.57. The number of nitrogens with zero attached hydrogens (tertiary/aromatic N) is 2. The van der Waals surface area contributed by atoms with Gasteiger partial charge in [0.1, 0.15) is 0 Å². The van der Waals surface area contributed by atoms with Gasteiger partial charge in [-0.05, 0) is 48.0 Å². The van der Waals surface area contributed by atoms with Gasteiger partial charge in [0.15, 0.2) is 0 Å². The van der Waals surface area contributed by atoms with Gasteiger partial charge in [-0.2, -0.15) is 5.10 Å². The predicted molar refractivity (Wildman–Crippen MR) is 84.1 cm³/mol. The first kappa shape index (κ1) is 14.7. The molecular weight excluding hydrogens is 349 g/mol. The summed E-state index contributed by atoms with van der Waals surface area (Å²) in [6.07, 6.45) is 0. The van der Waals surface area contributed by atoms with Crippen LogP contribution in [0.3, 0.4) is 0 Å². The Kier molecular flexibility index (Phi) is 4.76. The molecule has 102 valence electrons. The number of nitrogens with one attached hydrogen (secondary N) is 1. The molecule has 1 N–H and O–H groups in total. The second-order valence-corrected chi connectivity index (χ2v) is 5.75. The first-order chi connectivity index (χ1) is 9.02. The summed E-state index contributed by atoms with van der Waals surface area (Å²) in [5.41, 5.74) is 3.04. The van der Waals surface area contributed by atoms with Gasteiger partial charge in [-0.3, -0.25) is 4.68 Å². The normalized spacial score (nSPS) is 10.8. The third-order valence-electron chi connectivity index (χ3n) is 2.83. The van der Waals surface area contributed by atoms with E-state index in [9.17, 15) is 0 Å². The summed E-state index contributed by atoms with van der Waals surface area (Å²) < 4.78 is 3.02. The standard InChI is InChI=1S/C13H14BrCl2N3/c1-3-19-12(13(14)8(2)18-19)7-17-9-4-5-10(15)11(16)6-9/h4-6,17H,3,7H2,1-2H3. The molecule has 0 bridgehead atoms. The fourth-order valence-corrected chi connectivity index (χ4v) is 2.55. The summed E-state index contributed by atoms with van der Waals surface area (Å²) in [4.78, 5) is 0. The van der Waals surface area contributed by atoms with Crippen molar-refractivity contribution in [2.75, 3.05) is 5.32 Å². The molecule has 1 aromatic heterocycles. The van der Waals surface area contributed by atoms with E-state index < -0.39 is 0 Å². The number of hydrogen-bond donors (Lipinski definition) is 1. The smallest absolute Gasteiger partial charge is 0.0739 e. The van der Waals surface area contributed by atoms with Crippen LogP contribution in [0.15, 0.2) is 22.7 Å². The van der Waals surface area contributed by atoms with E-state index in [4.69, 9.17) is 23.2 Å². The van der Waals surface area contributed by atoms with Gasteiger partial charge in [0.05, 0.1) is 32.5 Å². The maximum atomic E-state index is 5.99. The van der Waals surface area contributed by atoms with Gasteiger partial charge < -0.3 is 5.32 Å². The molecule has 1 aromatic carbocycles. The Balaban J connectivity index is 2.16. The molecule has 0 atom stereocenters. The lowest BCUT2D eigenvalue weighted by atomic mass is 10.3. The maximum absolute atomic E-state index is 5.99. The van der Waals surface area contributed by atoms with Crippen molar-refractivity contribution < 1.29 is 0 Å². The molecule has 0 aliphatic heterocycles. The SMILES string of the molecule is CCn1nc(C)c(Br)c1CNc1ccc(Cl)c(Cl)c1. The topological polar surface area (TPSA) is 29.9 Å². The molecule has 3 nitrogen and oxygen atoms in total. The van der Waals surface area contributed by atoms with Crippen molar-refractivity contribution in [2.24, 2.45) is 0 Å². The lowest BCUT2D eigenvalue weighted by molar-refractivity contribution is 0.622. The number of aryl methyl sites for hydroxylation is 2. The van der Waals surface area contributed by atoms with Crippen LogP contribution in [0.2, 0.25) is 10.0 Å². The Morgan fingerprint density at radius 1 is 1.32 bits per heavy atom. The van der Waals surface area contributed by atoms with Gasteiger partial charge in [0.25, 0.3) is 0 Å². The first-order valence-electron chi connectivity index (χ1n) is 5.93. The van der Waals surface area contributed by atoms with Gasteiger partial charge in [-0.25, -0.2) is 0 Å². The molecule has 0 saturated carbocycles. The van der Waals surface area contributed by atoms with E-state index >= 15 is 0 Å². The number of hydrogen-bond acceptors (Lipinski definition) is 2. The molecule has 0 saturated heterocycles. The van der Waals surface area contributed by atoms with Gasteiger partial charge in [0.2, 0.25) is 0 Å². The molecule has 2 aromatic rings. The molecule has 0 unspecified atom stereocenters. The van der Waals surface area contributed by atoms with Crippen molar-refractivity contribution >= 4 is 44.8 Å². The third-order valence-corrected chi connectivity index (χ3v) is 4.60. The molecule has 0 amide bonds.